The Labute approximate surface area is 96.6 Å². The molecule has 0 aromatic carbocycles. The number of pyridine rings is 1. The maximum Gasteiger partial charge on any atom is 0.142 e. The Morgan fingerprint density at radius 2 is 2.19 bits per heavy atom. The minimum atomic E-state index is 0.535. The summed E-state index contributed by atoms with van der Waals surface area (Å²) in [5.74, 6) is 7.88. The van der Waals surface area contributed by atoms with Crippen molar-refractivity contribution in [3.63, 3.8) is 0 Å². The van der Waals surface area contributed by atoms with Gasteiger partial charge < -0.3 is 10.7 Å². The van der Waals surface area contributed by atoms with Crippen LogP contribution in [-0.4, -0.2) is 11.0 Å². The summed E-state index contributed by atoms with van der Waals surface area (Å²) in [4.78, 5) is 4.36. The van der Waals surface area contributed by atoms with E-state index in [0.29, 0.717) is 11.9 Å². The van der Waals surface area contributed by atoms with Gasteiger partial charge in [-0.15, -0.1) is 0 Å². The van der Waals surface area contributed by atoms with Gasteiger partial charge in [-0.25, -0.2) is 10.8 Å². The largest absolute Gasteiger partial charge is 0.367 e. The number of nitrogens with two attached hydrogens (primary N) is 1. The number of nitrogen functional groups attached to an aromatic ring is 1. The predicted octanol–water partition coefficient (Wildman–Crippen LogP) is 2.36. The van der Waals surface area contributed by atoms with Crippen molar-refractivity contribution in [3.05, 3.63) is 18.2 Å². The standard InChI is InChI=1S/C12H20N4/c1-2-10(8-9-6-7-9)14-11-4-3-5-12(15-11)16-13/h3-5,9-10H,2,6-8,13H2,1H3,(H2,14,15,16). The highest BCUT2D eigenvalue weighted by atomic mass is 15.3. The third-order valence-corrected chi connectivity index (χ3v) is 3.06. The van der Waals surface area contributed by atoms with Crippen molar-refractivity contribution in [2.75, 3.05) is 10.7 Å². The van der Waals surface area contributed by atoms with Crippen LogP contribution >= 0.6 is 0 Å². The number of hydrogen-bond donors (Lipinski definition) is 3. The molecule has 1 aromatic rings. The predicted molar refractivity (Wildman–Crippen MR) is 67.1 cm³/mol. The van der Waals surface area contributed by atoms with Crippen molar-refractivity contribution in [2.45, 2.75) is 38.6 Å². The number of nitrogens with one attached hydrogen (secondary N) is 2. The van der Waals surface area contributed by atoms with E-state index in [1.54, 1.807) is 0 Å². The summed E-state index contributed by atoms with van der Waals surface area (Å²) in [6, 6.07) is 6.32. The second-order valence-corrected chi connectivity index (χ2v) is 4.48. The number of hydrazine groups is 1. The molecule has 0 aliphatic heterocycles. The molecule has 1 atom stereocenters. The van der Waals surface area contributed by atoms with E-state index in [1.807, 2.05) is 18.2 Å². The zero-order valence-electron chi connectivity index (χ0n) is 9.74. The Balaban J connectivity index is 1.94. The zero-order chi connectivity index (χ0) is 11.4. The summed E-state index contributed by atoms with van der Waals surface area (Å²) in [6.07, 6.45) is 5.20. The van der Waals surface area contributed by atoms with Crippen LogP contribution in [-0.2, 0) is 0 Å². The van der Waals surface area contributed by atoms with Gasteiger partial charge in [0.05, 0.1) is 0 Å². The first-order valence-corrected chi connectivity index (χ1v) is 6.02. The van der Waals surface area contributed by atoms with Gasteiger partial charge in [-0.3, -0.25) is 0 Å². The maximum absolute atomic E-state index is 5.33. The molecule has 1 unspecified atom stereocenters. The van der Waals surface area contributed by atoms with Crippen molar-refractivity contribution < 1.29 is 0 Å². The van der Waals surface area contributed by atoms with Crippen LogP contribution < -0.4 is 16.6 Å². The van der Waals surface area contributed by atoms with Crippen molar-refractivity contribution >= 4 is 11.6 Å². The van der Waals surface area contributed by atoms with E-state index in [9.17, 15) is 0 Å². The average molecular weight is 220 g/mol. The molecule has 0 spiro atoms. The van der Waals surface area contributed by atoms with Gasteiger partial charge in [0.15, 0.2) is 0 Å². The molecule has 88 valence electrons. The lowest BCUT2D eigenvalue weighted by Gasteiger charge is -2.17. The molecule has 0 radical (unpaired) electrons. The topological polar surface area (TPSA) is 63.0 Å². The average Bonchev–Trinajstić information content (AvgIpc) is 3.12. The minimum absolute atomic E-state index is 0.535. The zero-order valence-corrected chi connectivity index (χ0v) is 9.74. The van der Waals surface area contributed by atoms with Gasteiger partial charge >= 0.3 is 0 Å². The molecule has 1 aliphatic rings. The summed E-state index contributed by atoms with van der Waals surface area (Å²) >= 11 is 0. The highest BCUT2D eigenvalue weighted by Gasteiger charge is 2.24. The molecule has 16 heavy (non-hydrogen) atoms. The number of nitrogens with zero attached hydrogens (tertiary/aromatic N) is 1. The molecular formula is C12H20N4. The quantitative estimate of drug-likeness (QED) is 0.508. The molecule has 4 nitrogen and oxygen atoms in total. The smallest absolute Gasteiger partial charge is 0.142 e. The first-order valence-electron chi connectivity index (χ1n) is 6.02. The Morgan fingerprint density at radius 1 is 1.44 bits per heavy atom. The molecule has 4 N–H and O–H groups in total. The third kappa shape index (κ3) is 3.10. The van der Waals surface area contributed by atoms with E-state index in [2.05, 4.69) is 22.7 Å². The first kappa shape index (κ1) is 11.2. The highest BCUT2D eigenvalue weighted by molar-refractivity contribution is 5.44. The van der Waals surface area contributed by atoms with Crippen molar-refractivity contribution in [1.29, 1.82) is 0 Å². The SMILES string of the molecule is CCC(CC1CC1)Nc1cccc(NN)n1. The summed E-state index contributed by atoms with van der Waals surface area (Å²) in [7, 11) is 0. The molecular weight excluding hydrogens is 200 g/mol. The van der Waals surface area contributed by atoms with Crippen LogP contribution in [0.2, 0.25) is 0 Å². The molecule has 1 aromatic heterocycles. The van der Waals surface area contributed by atoms with Gasteiger partial charge in [-0.1, -0.05) is 25.8 Å². The van der Waals surface area contributed by atoms with E-state index in [4.69, 9.17) is 5.84 Å². The van der Waals surface area contributed by atoms with Gasteiger partial charge in [-0.2, -0.15) is 0 Å². The highest BCUT2D eigenvalue weighted by Crippen LogP contribution is 2.34. The molecule has 1 heterocycles. The van der Waals surface area contributed by atoms with E-state index in [-0.39, 0.29) is 0 Å². The van der Waals surface area contributed by atoms with E-state index in [0.717, 1.165) is 18.2 Å². The van der Waals surface area contributed by atoms with Crippen LogP contribution in [0.25, 0.3) is 0 Å². The van der Waals surface area contributed by atoms with Crippen molar-refractivity contribution in [3.8, 4) is 0 Å². The number of rotatable bonds is 6. The van der Waals surface area contributed by atoms with Crippen LogP contribution in [0.3, 0.4) is 0 Å². The number of hydrogen-bond acceptors (Lipinski definition) is 4. The third-order valence-electron chi connectivity index (χ3n) is 3.06. The lowest BCUT2D eigenvalue weighted by molar-refractivity contribution is 0.585. The molecule has 1 aliphatic carbocycles. The van der Waals surface area contributed by atoms with Gasteiger partial charge in [0, 0.05) is 6.04 Å². The molecule has 0 saturated heterocycles. The summed E-state index contributed by atoms with van der Waals surface area (Å²) in [6.45, 7) is 2.21. The fraction of sp³-hybridized carbons (Fsp3) is 0.583. The van der Waals surface area contributed by atoms with E-state index in [1.165, 1.54) is 19.3 Å². The van der Waals surface area contributed by atoms with Crippen LogP contribution in [0.4, 0.5) is 11.6 Å². The summed E-state index contributed by atoms with van der Waals surface area (Å²) in [5, 5.41) is 3.47. The molecule has 1 saturated carbocycles. The van der Waals surface area contributed by atoms with Crippen LogP contribution in [0.1, 0.15) is 32.6 Å². The van der Waals surface area contributed by atoms with E-state index >= 15 is 0 Å². The molecule has 1 fully saturated rings. The van der Waals surface area contributed by atoms with Crippen molar-refractivity contribution in [2.24, 2.45) is 11.8 Å². The van der Waals surface area contributed by atoms with Gasteiger partial charge in [0.25, 0.3) is 0 Å². The first-order chi connectivity index (χ1) is 7.81. The van der Waals surface area contributed by atoms with Gasteiger partial charge in [0.2, 0.25) is 0 Å². The fourth-order valence-corrected chi connectivity index (χ4v) is 1.89. The minimum Gasteiger partial charge on any atom is -0.367 e. The monoisotopic (exact) mass is 220 g/mol. The normalized spacial score (nSPS) is 16.9. The lowest BCUT2D eigenvalue weighted by Crippen LogP contribution is -2.20. The Kier molecular flexibility index (Phi) is 3.62. The Morgan fingerprint density at radius 3 is 2.81 bits per heavy atom. The second kappa shape index (κ2) is 5.16. The van der Waals surface area contributed by atoms with Crippen LogP contribution in [0.5, 0.6) is 0 Å². The van der Waals surface area contributed by atoms with E-state index < -0.39 is 0 Å². The Bertz CT molecular complexity index is 336. The van der Waals surface area contributed by atoms with Crippen molar-refractivity contribution in [1.82, 2.24) is 4.98 Å². The van der Waals surface area contributed by atoms with Gasteiger partial charge in [-0.05, 0) is 30.9 Å². The maximum atomic E-state index is 5.33. The molecule has 4 heteroatoms. The van der Waals surface area contributed by atoms with Crippen LogP contribution in [0.15, 0.2) is 18.2 Å². The van der Waals surface area contributed by atoms with Crippen LogP contribution in [0, 0.1) is 5.92 Å². The fourth-order valence-electron chi connectivity index (χ4n) is 1.89. The molecule has 0 amide bonds. The Hall–Kier alpha value is -1.29. The molecule has 0 bridgehead atoms. The second-order valence-electron chi connectivity index (χ2n) is 4.48. The summed E-state index contributed by atoms with van der Waals surface area (Å²) in [5.41, 5.74) is 2.56. The summed E-state index contributed by atoms with van der Waals surface area (Å²) < 4.78 is 0. The van der Waals surface area contributed by atoms with Gasteiger partial charge in [0.1, 0.15) is 11.6 Å². The molecule has 2 rings (SSSR count). The number of aromatic nitrogens is 1. The lowest BCUT2D eigenvalue weighted by atomic mass is 10.1. The number of anilines is 2.